The fourth-order valence-electron chi connectivity index (χ4n) is 4.54. The minimum absolute atomic E-state index is 0.0362. The Balaban J connectivity index is 1.20. The lowest BCUT2D eigenvalue weighted by atomic mass is 10.0. The summed E-state index contributed by atoms with van der Waals surface area (Å²) in [5, 5.41) is 3.11. The molecule has 2 fully saturated rings. The Labute approximate surface area is 196 Å². The first-order chi connectivity index (χ1) is 16.2. The molecule has 0 saturated carbocycles. The largest absolute Gasteiger partial charge is 0.367 e. The average molecular weight is 451 g/mol. The van der Waals surface area contributed by atoms with E-state index in [-0.39, 0.29) is 24.5 Å². The molecule has 3 heterocycles. The molecule has 0 spiro atoms. The van der Waals surface area contributed by atoms with Crippen LogP contribution in [0.2, 0.25) is 0 Å². The van der Waals surface area contributed by atoms with Crippen molar-refractivity contribution in [2.24, 2.45) is 0 Å². The summed E-state index contributed by atoms with van der Waals surface area (Å²) in [6.45, 7) is 5.12. The Bertz CT molecular complexity index is 898. The minimum Gasteiger partial charge on any atom is -0.367 e. The van der Waals surface area contributed by atoms with Crippen LogP contribution in [-0.4, -0.2) is 72.0 Å². The molecule has 4 rings (SSSR count). The molecule has 0 aliphatic carbocycles. The summed E-state index contributed by atoms with van der Waals surface area (Å²) >= 11 is 0. The topological polar surface area (TPSA) is 74.8 Å². The van der Waals surface area contributed by atoms with Crippen molar-refractivity contribution in [1.82, 2.24) is 20.1 Å². The van der Waals surface area contributed by atoms with E-state index in [0.717, 1.165) is 31.4 Å². The smallest absolute Gasteiger partial charge is 0.251 e. The van der Waals surface area contributed by atoms with Crippen LogP contribution in [0.5, 0.6) is 0 Å². The highest BCUT2D eigenvalue weighted by atomic mass is 16.5. The predicted octanol–water partition coefficient (Wildman–Crippen LogP) is 2.66. The summed E-state index contributed by atoms with van der Waals surface area (Å²) in [5.74, 6) is -0.117. The molecule has 33 heavy (non-hydrogen) atoms. The number of carbonyl (C=O) groups excluding carboxylic acids is 2. The van der Waals surface area contributed by atoms with Gasteiger partial charge in [0.25, 0.3) is 5.91 Å². The first kappa shape index (κ1) is 23.4. The van der Waals surface area contributed by atoms with Crippen LogP contribution in [0.3, 0.4) is 0 Å². The number of pyridine rings is 1. The molecule has 0 radical (unpaired) electrons. The van der Waals surface area contributed by atoms with Gasteiger partial charge >= 0.3 is 0 Å². The van der Waals surface area contributed by atoms with Crippen LogP contribution in [0.1, 0.15) is 47.2 Å². The zero-order valence-corrected chi connectivity index (χ0v) is 19.2. The second-order valence-corrected chi connectivity index (χ2v) is 9.00. The van der Waals surface area contributed by atoms with Crippen molar-refractivity contribution in [3.8, 4) is 0 Å². The normalized spacial score (nSPS) is 18.9. The van der Waals surface area contributed by atoms with Crippen LogP contribution in [0, 0.1) is 0 Å². The number of aromatic nitrogens is 1. The van der Waals surface area contributed by atoms with Gasteiger partial charge in [0.2, 0.25) is 5.91 Å². The number of ether oxygens (including phenoxy) is 1. The number of amides is 2. The van der Waals surface area contributed by atoms with E-state index in [2.05, 4.69) is 27.3 Å². The van der Waals surface area contributed by atoms with Gasteiger partial charge in [0.05, 0.1) is 6.61 Å². The van der Waals surface area contributed by atoms with E-state index >= 15 is 0 Å². The molecule has 1 unspecified atom stereocenters. The maximum Gasteiger partial charge on any atom is 0.251 e. The van der Waals surface area contributed by atoms with Crippen molar-refractivity contribution in [2.75, 3.05) is 39.3 Å². The molecule has 1 atom stereocenters. The molecule has 1 aromatic heterocycles. The van der Waals surface area contributed by atoms with Gasteiger partial charge in [-0.15, -0.1) is 0 Å². The predicted molar refractivity (Wildman–Crippen MR) is 127 cm³/mol. The molecule has 2 amide bonds. The van der Waals surface area contributed by atoms with Crippen LogP contribution >= 0.6 is 0 Å². The van der Waals surface area contributed by atoms with E-state index in [9.17, 15) is 9.59 Å². The van der Waals surface area contributed by atoms with Gasteiger partial charge in [0, 0.05) is 43.6 Å². The van der Waals surface area contributed by atoms with E-state index < -0.39 is 0 Å². The maximum absolute atomic E-state index is 12.7. The number of hydrogen-bond acceptors (Lipinski definition) is 5. The van der Waals surface area contributed by atoms with Crippen molar-refractivity contribution in [2.45, 2.75) is 44.8 Å². The van der Waals surface area contributed by atoms with Gasteiger partial charge in [-0.1, -0.05) is 18.2 Å². The standard InChI is InChI=1S/C26H34N4O3/c31-25(20-33-19-22-5-3-12-27-17-22)30-15-4-6-24(18-30)28-26(32)23-9-7-21(8-10-23)11-16-29-13-1-2-14-29/h3,5,7-10,12,17,24H,1-2,4,6,11,13-16,18-20H2,(H,28,32). The summed E-state index contributed by atoms with van der Waals surface area (Å²) in [7, 11) is 0. The number of carbonyl (C=O) groups is 2. The Hall–Kier alpha value is -2.77. The quantitative estimate of drug-likeness (QED) is 0.636. The lowest BCUT2D eigenvalue weighted by Gasteiger charge is -2.33. The molecule has 1 N–H and O–H groups in total. The number of rotatable bonds is 9. The third kappa shape index (κ3) is 7.11. The summed E-state index contributed by atoms with van der Waals surface area (Å²) in [6.07, 6.45) is 8.82. The molecule has 1 aromatic carbocycles. The van der Waals surface area contributed by atoms with Crippen LogP contribution in [0.25, 0.3) is 0 Å². The fraction of sp³-hybridized carbons (Fsp3) is 0.500. The Morgan fingerprint density at radius 2 is 1.85 bits per heavy atom. The SMILES string of the molecule is O=C(NC1CCCN(C(=O)COCc2cccnc2)C1)c1ccc(CCN2CCCC2)cc1. The number of nitrogens with zero attached hydrogens (tertiary/aromatic N) is 3. The number of benzene rings is 1. The van der Waals surface area contributed by atoms with Crippen molar-refractivity contribution in [1.29, 1.82) is 0 Å². The molecule has 7 heteroatoms. The summed E-state index contributed by atoms with van der Waals surface area (Å²) in [5.41, 5.74) is 2.87. The lowest BCUT2D eigenvalue weighted by Crippen LogP contribution is -2.50. The van der Waals surface area contributed by atoms with Gasteiger partial charge in [0.15, 0.2) is 0 Å². The number of piperidine rings is 1. The van der Waals surface area contributed by atoms with E-state index in [4.69, 9.17) is 4.74 Å². The second-order valence-electron chi connectivity index (χ2n) is 9.00. The summed E-state index contributed by atoms with van der Waals surface area (Å²) in [6, 6.07) is 11.7. The van der Waals surface area contributed by atoms with E-state index in [1.807, 2.05) is 24.3 Å². The Kier molecular flexibility index (Phi) is 8.44. The second kappa shape index (κ2) is 11.9. The maximum atomic E-state index is 12.7. The highest BCUT2D eigenvalue weighted by molar-refractivity contribution is 5.94. The molecule has 2 aliphatic rings. The molecule has 7 nitrogen and oxygen atoms in total. The van der Waals surface area contributed by atoms with Gasteiger partial charge in [0.1, 0.15) is 6.61 Å². The summed E-state index contributed by atoms with van der Waals surface area (Å²) < 4.78 is 5.56. The average Bonchev–Trinajstić information content (AvgIpc) is 3.38. The molecule has 2 aliphatic heterocycles. The van der Waals surface area contributed by atoms with Gasteiger partial charge in [-0.05, 0) is 74.5 Å². The fourth-order valence-corrected chi connectivity index (χ4v) is 4.54. The van der Waals surface area contributed by atoms with Crippen molar-refractivity contribution in [3.63, 3.8) is 0 Å². The number of likely N-dealkylation sites (tertiary alicyclic amines) is 2. The van der Waals surface area contributed by atoms with Crippen LogP contribution < -0.4 is 5.32 Å². The minimum atomic E-state index is -0.0757. The number of hydrogen-bond donors (Lipinski definition) is 1. The van der Waals surface area contributed by atoms with Gasteiger partial charge < -0.3 is 19.9 Å². The summed E-state index contributed by atoms with van der Waals surface area (Å²) in [4.78, 5) is 33.6. The first-order valence-corrected chi connectivity index (χ1v) is 12.0. The lowest BCUT2D eigenvalue weighted by molar-refractivity contribution is -0.137. The third-order valence-corrected chi connectivity index (χ3v) is 6.46. The van der Waals surface area contributed by atoms with Crippen LogP contribution in [0.15, 0.2) is 48.8 Å². The molecule has 2 aromatic rings. The Morgan fingerprint density at radius 3 is 2.61 bits per heavy atom. The molecule has 0 bridgehead atoms. The zero-order valence-electron chi connectivity index (χ0n) is 19.2. The number of nitrogens with one attached hydrogen (secondary N) is 1. The van der Waals surface area contributed by atoms with Crippen LogP contribution in [-0.2, 0) is 22.6 Å². The molecular formula is C26H34N4O3. The van der Waals surface area contributed by atoms with Crippen molar-refractivity contribution in [3.05, 3.63) is 65.5 Å². The van der Waals surface area contributed by atoms with Gasteiger partial charge in [-0.2, -0.15) is 0 Å². The van der Waals surface area contributed by atoms with Crippen molar-refractivity contribution < 1.29 is 14.3 Å². The zero-order chi connectivity index (χ0) is 22.9. The highest BCUT2D eigenvalue weighted by Gasteiger charge is 2.25. The van der Waals surface area contributed by atoms with Gasteiger partial charge in [-0.25, -0.2) is 0 Å². The third-order valence-electron chi connectivity index (χ3n) is 6.46. The Morgan fingerprint density at radius 1 is 1.03 bits per heavy atom. The van der Waals surface area contributed by atoms with E-state index in [0.29, 0.717) is 25.3 Å². The van der Waals surface area contributed by atoms with E-state index in [1.54, 1.807) is 17.3 Å². The first-order valence-electron chi connectivity index (χ1n) is 12.0. The van der Waals surface area contributed by atoms with Crippen LogP contribution in [0.4, 0.5) is 0 Å². The molecule has 2 saturated heterocycles. The van der Waals surface area contributed by atoms with E-state index in [1.165, 1.54) is 31.5 Å². The highest BCUT2D eigenvalue weighted by Crippen LogP contribution is 2.14. The molecule has 176 valence electrons. The van der Waals surface area contributed by atoms with Crippen molar-refractivity contribution >= 4 is 11.8 Å². The molecular weight excluding hydrogens is 416 g/mol. The monoisotopic (exact) mass is 450 g/mol. The van der Waals surface area contributed by atoms with Gasteiger partial charge in [-0.3, -0.25) is 14.6 Å².